The molecule has 1 unspecified atom stereocenters. The van der Waals surface area contributed by atoms with Crippen molar-refractivity contribution in [3.8, 4) is 5.75 Å². The van der Waals surface area contributed by atoms with Crippen LogP contribution in [0.2, 0.25) is 0 Å². The first kappa shape index (κ1) is 23.0. The van der Waals surface area contributed by atoms with Gasteiger partial charge in [-0.05, 0) is 47.0 Å². The van der Waals surface area contributed by atoms with E-state index in [1.54, 1.807) is 7.11 Å². The maximum atomic E-state index is 11.8. The van der Waals surface area contributed by atoms with Crippen molar-refractivity contribution in [3.05, 3.63) is 28.2 Å². The molecule has 1 atom stereocenters. The summed E-state index contributed by atoms with van der Waals surface area (Å²) in [5.74, 6) is 1.81. The SMILES string of the molecule is CCNC(=NCc1ccc(OC)c(Br)c1)NC1CCN(C(=O)CC)C1.I. The van der Waals surface area contributed by atoms with E-state index in [0.29, 0.717) is 13.0 Å². The Morgan fingerprint density at radius 2 is 2.19 bits per heavy atom. The number of ether oxygens (including phenoxy) is 1. The molecule has 1 aromatic rings. The van der Waals surface area contributed by atoms with Crippen LogP contribution in [0.3, 0.4) is 0 Å². The van der Waals surface area contributed by atoms with E-state index in [2.05, 4.69) is 31.6 Å². The van der Waals surface area contributed by atoms with Gasteiger partial charge in [0.15, 0.2) is 5.96 Å². The fraction of sp³-hybridized carbons (Fsp3) is 0.556. The standard InChI is InChI=1S/C18H27BrN4O2.HI/c1-4-17(24)23-9-8-14(12-23)22-18(20-5-2)21-11-13-6-7-16(25-3)15(19)10-13;/h6-7,10,14H,4-5,8-9,11-12H2,1-3H3,(H2,20,21,22);1H. The van der Waals surface area contributed by atoms with Crippen molar-refractivity contribution in [2.75, 3.05) is 26.7 Å². The summed E-state index contributed by atoms with van der Waals surface area (Å²) >= 11 is 3.50. The Kier molecular flexibility index (Phi) is 10.3. The van der Waals surface area contributed by atoms with Gasteiger partial charge in [0.25, 0.3) is 0 Å². The van der Waals surface area contributed by atoms with E-state index in [9.17, 15) is 4.79 Å². The number of hydrogen-bond donors (Lipinski definition) is 2. The smallest absolute Gasteiger partial charge is 0.222 e. The van der Waals surface area contributed by atoms with Crippen LogP contribution in [-0.4, -0.2) is 49.6 Å². The number of carbonyl (C=O) groups is 1. The van der Waals surface area contributed by atoms with Crippen molar-refractivity contribution in [2.45, 2.75) is 39.3 Å². The van der Waals surface area contributed by atoms with Gasteiger partial charge in [0.05, 0.1) is 18.1 Å². The van der Waals surface area contributed by atoms with Gasteiger partial charge in [0.2, 0.25) is 5.91 Å². The Morgan fingerprint density at radius 3 is 2.81 bits per heavy atom. The summed E-state index contributed by atoms with van der Waals surface area (Å²) in [5, 5.41) is 6.72. The molecule has 1 saturated heterocycles. The first-order valence-electron chi connectivity index (χ1n) is 8.72. The number of rotatable bonds is 6. The number of nitrogens with one attached hydrogen (secondary N) is 2. The quantitative estimate of drug-likeness (QED) is 0.332. The molecule has 0 aromatic heterocycles. The molecular formula is C18H28BrIN4O2. The van der Waals surface area contributed by atoms with Crippen LogP contribution in [0.15, 0.2) is 27.7 Å². The summed E-state index contributed by atoms with van der Waals surface area (Å²) in [5.41, 5.74) is 1.10. The Morgan fingerprint density at radius 1 is 1.42 bits per heavy atom. The molecule has 0 saturated carbocycles. The van der Waals surface area contributed by atoms with Gasteiger partial charge < -0.3 is 20.3 Å². The normalized spacial score (nSPS) is 16.8. The highest BCUT2D eigenvalue weighted by molar-refractivity contribution is 14.0. The van der Waals surface area contributed by atoms with E-state index in [0.717, 1.165) is 47.8 Å². The van der Waals surface area contributed by atoms with Crippen molar-refractivity contribution in [3.63, 3.8) is 0 Å². The van der Waals surface area contributed by atoms with Crippen LogP contribution in [0.5, 0.6) is 5.75 Å². The topological polar surface area (TPSA) is 66.0 Å². The van der Waals surface area contributed by atoms with Gasteiger partial charge in [-0.25, -0.2) is 4.99 Å². The molecule has 1 aromatic carbocycles. The highest BCUT2D eigenvalue weighted by Crippen LogP contribution is 2.25. The molecule has 146 valence electrons. The monoisotopic (exact) mass is 538 g/mol. The predicted octanol–water partition coefficient (Wildman–Crippen LogP) is 3.14. The summed E-state index contributed by atoms with van der Waals surface area (Å²) in [6.07, 6.45) is 1.51. The minimum Gasteiger partial charge on any atom is -0.496 e. The number of nitrogens with zero attached hydrogens (tertiary/aromatic N) is 2. The second kappa shape index (κ2) is 11.6. The van der Waals surface area contributed by atoms with Gasteiger partial charge in [0, 0.05) is 32.1 Å². The van der Waals surface area contributed by atoms with Gasteiger partial charge in [-0.1, -0.05) is 13.0 Å². The van der Waals surface area contributed by atoms with Crippen LogP contribution < -0.4 is 15.4 Å². The van der Waals surface area contributed by atoms with Gasteiger partial charge in [-0.15, -0.1) is 24.0 Å². The number of amides is 1. The Labute approximate surface area is 181 Å². The highest BCUT2D eigenvalue weighted by Gasteiger charge is 2.25. The summed E-state index contributed by atoms with van der Waals surface area (Å²) in [6.45, 7) is 6.87. The van der Waals surface area contributed by atoms with Crippen LogP contribution in [-0.2, 0) is 11.3 Å². The lowest BCUT2D eigenvalue weighted by Crippen LogP contribution is -2.45. The van der Waals surface area contributed by atoms with Crippen LogP contribution in [0, 0.1) is 0 Å². The van der Waals surface area contributed by atoms with Gasteiger partial charge in [0.1, 0.15) is 5.75 Å². The molecule has 2 rings (SSSR count). The average molecular weight is 539 g/mol. The zero-order valence-electron chi connectivity index (χ0n) is 15.5. The maximum Gasteiger partial charge on any atom is 0.222 e. The number of likely N-dealkylation sites (tertiary alicyclic amines) is 1. The third-order valence-corrected chi connectivity index (χ3v) is 4.78. The Balaban J connectivity index is 0.00000338. The van der Waals surface area contributed by atoms with Crippen LogP contribution in [0.25, 0.3) is 0 Å². The van der Waals surface area contributed by atoms with E-state index in [1.165, 1.54) is 0 Å². The minimum absolute atomic E-state index is 0. The largest absolute Gasteiger partial charge is 0.496 e. The lowest BCUT2D eigenvalue weighted by molar-refractivity contribution is -0.129. The summed E-state index contributed by atoms with van der Waals surface area (Å²) < 4.78 is 6.17. The molecule has 0 radical (unpaired) electrons. The number of guanidine groups is 1. The Bertz CT molecular complexity index is 627. The van der Waals surface area contributed by atoms with E-state index in [-0.39, 0.29) is 35.9 Å². The summed E-state index contributed by atoms with van der Waals surface area (Å²) in [6, 6.07) is 6.20. The molecule has 1 fully saturated rings. The zero-order chi connectivity index (χ0) is 18.2. The van der Waals surface area contributed by atoms with Gasteiger partial charge >= 0.3 is 0 Å². The van der Waals surface area contributed by atoms with Crippen molar-refractivity contribution in [1.82, 2.24) is 15.5 Å². The van der Waals surface area contributed by atoms with E-state index in [4.69, 9.17) is 4.74 Å². The van der Waals surface area contributed by atoms with E-state index in [1.807, 2.05) is 36.9 Å². The second-order valence-electron chi connectivity index (χ2n) is 5.99. The predicted molar refractivity (Wildman–Crippen MR) is 119 cm³/mol. The van der Waals surface area contributed by atoms with E-state index < -0.39 is 0 Å². The number of hydrogen-bond acceptors (Lipinski definition) is 3. The van der Waals surface area contributed by atoms with Crippen LogP contribution in [0.1, 0.15) is 32.3 Å². The number of halogens is 2. The molecule has 0 aliphatic carbocycles. The van der Waals surface area contributed by atoms with Crippen molar-refractivity contribution in [1.29, 1.82) is 0 Å². The fourth-order valence-corrected chi connectivity index (χ4v) is 3.41. The number of aliphatic imine (C=N–C) groups is 1. The fourth-order valence-electron chi connectivity index (χ4n) is 2.82. The molecule has 1 heterocycles. The lowest BCUT2D eigenvalue weighted by Gasteiger charge is -2.18. The molecule has 0 spiro atoms. The van der Waals surface area contributed by atoms with Gasteiger partial charge in [-0.2, -0.15) is 0 Å². The third kappa shape index (κ3) is 6.61. The number of carbonyl (C=O) groups excluding carboxylic acids is 1. The molecule has 26 heavy (non-hydrogen) atoms. The van der Waals surface area contributed by atoms with Gasteiger partial charge in [-0.3, -0.25) is 4.79 Å². The molecular weight excluding hydrogens is 511 g/mol. The van der Waals surface area contributed by atoms with Crippen molar-refractivity contribution in [2.24, 2.45) is 4.99 Å². The highest BCUT2D eigenvalue weighted by atomic mass is 127. The number of benzene rings is 1. The first-order valence-corrected chi connectivity index (χ1v) is 9.51. The zero-order valence-corrected chi connectivity index (χ0v) is 19.5. The lowest BCUT2D eigenvalue weighted by atomic mass is 10.2. The van der Waals surface area contributed by atoms with Crippen molar-refractivity contribution < 1.29 is 9.53 Å². The summed E-state index contributed by atoms with van der Waals surface area (Å²) in [7, 11) is 1.65. The van der Waals surface area contributed by atoms with Crippen LogP contribution >= 0.6 is 39.9 Å². The molecule has 8 heteroatoms. The first-order chi connectivity index (χ1) is 12.1. The molecule has 6 nitrogen and oxygen atoms in total. The molecule has 1 amide bonds. The minimum atomic E-state index is 0. The molecule has 1 aliphatic heterocycles. The Hall–Kier alpha value is -1.03. The van der Waals surface area contributed by atoms with Crippen molar-refractivity contribution >= 4 is 51.8 Å². The third-order valence-electron chi connectivity index (χ3n) is 4.16. The number of methoxy groups -OCH3 is 1. The molecule has 2 N–H and O–H groups in total. The summed E-state index contributed by atoms with van der Waals surface area (Å²) in [4.78, 5) is 18.4. The van der Waals surface area contributed by atoms with E-state index >= 15 is 0 Å². The molecule has 0 bridgehead atoms. The maximum absolute atomic E-state index is 11.8. The second-order valence-corrected chi connectivity index (χ2v) is 6.84. The molecule has 1 aliphatic rings. The average Bonchev–Trinajstić information content (AvgIpc) is 3.08. The van der Waals surface area contributed by atoms with Crippen LogP contribution in [0.4, 0.5) is 0 Å².